The third-order valence-electron chi connectivity index (χ3n) is 3.30. The zero-order valence-corrected chi connectivity index (χ0v) is 13.5. The molecule has 0 aromatic rings. The van der Waals surface area contributed by atoms with Crippen LogP contribution in [0.3, 0.4) is 0 Å². The van der Waals surface area contributed by atoms with Crippen molar-refractivity contribution in [2.45, 2.75) is 57.2 Å². The van der Waals surface area contributed by atoms with Gasteiger partial charge in [-0.3, -0.25) is 14.9 Å². The van der Waals surface area contributed by atoms with Crippen molar-refractivity contribution in [2.75, 3.05) is 12.4 Å². The highest BCUT2D eigenvalue weighted by Gasteiger charge is 2.20. The number of nitrogens with one attached hydrogen (secondary N) is 2. The highest BCUT2D eigenvalue weighted by Crippen LogP contribution is 2.17. The number of urea groups is 1. The summed E-state index contributed by atoms with van der Waals surface area (Å²) < 4.78 is 4.78. The first kappa shape index (κ1) is 17.8. The lowest BCUT2D eigenvalue weighted by Crippen LogP contribution is -2.47. The molecular formula is C14H24N2O4S. The van der Waals surface area contributed by atoms with Crippen LogP contribution in [0.15, 0.2) is 0 Å². The van der Waals surface area contributed by atoms with Gasteiger partial charge in [-0.25, -0.2) is 4.79 Å². The predicted molar refractivity (Wildman–Crippen MR) is 82.1 cm³/mol. The molecule has 6 nitrogen and oxygen atoms in total. The van der Waals surface area contributed by atoms with E-state index >= 15 is 0 Å². The second kappa shape index (κ2) is 9.65. The second-order valence-corrected chi connectivity index (χ2v) is 6.39. The lowest BCUT2D eigenvalue weighted by molar-refractivity contribution is -0.139. The Kier molecular flexibility index (Phi) is 8.19. The SMILES string of the molecule is CCOC(=O)CS[C@@H](C)C(=O)NC(=O)NC1CCCCC1. The zero-order valence-electron chi connectivity index (χ0n) is 12.6. The van der Waals surface area contributed by atoms with E-state index in [1.165, 1.54) is 6.42 Å². The number of esters is 1. The minimum Gasteiger partial charge on any atom is -0.465 e. The fourth-order valence-corrected chi connectivity index (χ4v) is 2.83. The number of hydrogen-bond acceptors (Lipinski definition) is 5. The molecule has 0 aliphatic heterocycles. The maximum Gasteiger partial charge on any atom is 0.321 e. The van der Waals surface area contributed by atoms with Crippen molar-refractivity contribution >= 4 is 29.7 Å². The van der Waals surface area contributed by atoms with Gasteiger partial charge in [-0.05, 0) is 26.7 Å². The van der Waals surface area contributed by atoms with Crippen LogP contribution in [0.5, 0.6) is 0 Å². The molecular weight excluding hydrogens is 292 g/mol. The van der Waals surface area contributed by atoms with Gasteiger partial charge in [-0.15, -0.1) is 11.8 Å². The summed E-state index contributed by atoms with van der Waals surface area (Å²) in [6.45, 7) is 3.71. The number of amides is 3. The van der Waals surface area contributed by atoms with Crippen LogP contribution in [0.2, 0.25) is 0 Å². The molecule has 0 heterocycles. The quantitative estimate of drug-likeness (QED) is 0.730. The fraction of sp³-hybridized carbons (Fsp3) is 0.786. The summed E-state index contributed by atoms with van der Waals surface area (Å²) in [5.74, 6) is -0.640. The molecule has 2 N–H and O–H groups in total. The van der Waals surface area contributed by atoms with Gasteiger partial charge in [0.25, 0.3) is 0 Å². The Balaban J connectivity index is 2.24. The number of thioether (sulfide) groups is 1. The van der Waals surface area contributed by atoms with E-state index in [9.17, 15) is 14.4 Å². The Morgan fingerprint density at radius 3 is 2.52 bits per heavy atom. The van der Waals surface area contributed by atoms with Crippen molar-refractivity contribution in [3.05, 3.63) is 0 Å². The van der Waals surface area contributed by atoms with Crippen LogP contribution in [0.25, 0.3) is 0 Å². The normalized spacial score (nSPS) is 16.9. The van der Waals surface area contributed by atoms with Crippen LogP contribution in [0.1, 0.15) is 46.0 Å². The van der Waals surface area contributed by atoms with Crippen LogP contribution in [0, 0.1) is 0 Å². The van der Waals surface area contributed by atoms with Crippen molar-refractivity contribution in [3.8, 4) is 0 Å². The smallest absolute Gasteiger partial charge is 0.321 e. The van der Waals surface area contributed by atoms with Crippen molar-refractivity contribution in [3.63, 3.8) is 0 Å². The monoisotopic (exact) mass is 316 g/mol. The van der Waals surface area contributed by atoms with Crippen LogP contribution in [0.4, 0.5) is 4.79 Å². The molecule has 0 radical (unpaired) electrons. The molecule has 0 bridgehead atoms. The first-order chi connectivity index (χ1) is 10.0. The molecule has 0 aromatic carbocycles. The highest BCUT2D eigenvalue weighted by molar-refractivity contribution is 8.01. The van der Waals surface area contributed by atoms with E-state index in [0.29, 0.717) is 6.61 Å². The standard InChI is InChI=1S/C14H24N2O4S/c1-3-20-12(17)9-21-10(2)13(18)16-14(19)15-11-7-5-4-6-8-11/h10-11H,3-9H2,1-2H3,(H2,15,16,18,19)/t10-/m0/s1. The van der Waals surface area contributed by atoms with E-state index in [1.807, 2.05) is 0 Å². The van der Waals surface area contributed by atoms with E-state index in [-0.39, 0.29) is 17.8 Å². The largest absolute Gasteiger partial charge is 0.465 e. The van der Waals surface area contributed by atoms with Crippen LogP contribution < -0.4 is 10.6 Å². The molecule has 1 fully saturated rings. The summed E-state index contributed by atoms with van der Waals surface area (Å²) >= 11 is 1.15. The van der Waals surface area contributed by atoms with Crippen molar-refractivity contribution in [1.82, 2.24) is 10.6 Å². The highest BCUT2D eigenvalue weighted by atomic mass is 32.2. The molecule has 3 amide bonds. The van der Waals surface area contributed by atoms with Gasteiger partial charge in [0.1, 0.15) is 0 Å². The predicted octanol–water partition coefficient (Wildman–Crippen LogP) is 1.83. The lowest BCUT2D eigenvalue weighted by Gasteiger charge is -2.23. The Morgan fingerprint density at radius 1 is 1.24 bits per heavy atom. The minimum absolute atomic E-state index is 0.104. The topological polar surface area (TPSA) is 84.5 Å². The third-order valence-corrected chi connectivity index (χ3v) is 4.42. The summed E-state index contributed by atoms with van der Waals surface area (Å²) in [4.78, 5) is 34.7. The summed E-state index contributed by atoms with van der Waals surface area (Å²) in [5.41, 5.74) is 0. The summed E-state index contributed by atoms with van der Waals surface area (Å²) in [6, 6.07) is -0.287. The maximum absolute atomic E-state index is 11.8. The van der Waals surface area contributed by atoms with Gasteiger partial charge in [0, 0.05) is 6.04 Å². The molecule has 1 aliphatic carbocycles. The first-order valence-corrected chi connectivity index (χ1v) is 8.46. The van der Waals surface area contributed by atoms with Crippen LogP contribution in [-0.4, -0.2) is 41.6 Å². The number of ether oxygens (including phenoxy) is 1. The van der Waals surface area contributed by atoms with E-state index < -0.39 is 17.2 Å². The Labute approximate surface area is 129 Å². The molecule has 0 unspecified atom stereocenters. The molecule has 0 aromatic heterocycles. The molecule has 0 spiro atoms. The van der Waals surface area contributed by atoms with Gasteiger partial charge in [-0.2, -0.15) is 0 Å². The molecule has 1 rings (SSSR count). The Morgan fingerprint density at radius 2 is 1.90 bits per heavy atom. The van der Waals surface area contributed by atoms with Crippen molar-refractivity contribution in [1.29, 1.82) is 0 Å². The number of hydrogen-bond donors (Lipinski definition) is 2. The van der Waals surface area contributed by atoms with E-state index in [4.69, 9.17) is 4.74 Å². The fourth-order valence-electron chi connectivity index (χ4n) is 2.15. The van der Waals surface area contributed by atoms with Crippen molar-refractivity contribution < 1.29 is 19.1 Å². The van der Waals surface area contributed by atoms with Gasteiger partial charge in [0.2, 0.25) is 5.91 Å². The molecule has 120 valence electrons. The Hall–Kier alpha value is -1.24. The summed E-state index contributed by atoms with van der Waals surface area (Å²) in [6.07, 6.45) is 5.37. The first-order valence-electron chi connectivity index (χ1n) is 7.41. The average Bonchev–Trinajstić information content (AvgIpc) is 2.45. The van der Waals surface area contributed by atoms with Crippen LogP contribution in [-0.2, 0) is 14.3 Å². The maximum atomic E-state index is 11.8. The minimum atomic E-state index is -0.480. The second-order valence-electron chi connectivity index (χ2n) is 5.06. The Bertz CT molecular complexity index is 370. The third kappa shape index (κ3) is 7.36. The number of carbonyl (C=O) groups excluding carboxylic acids is 3. The summed E-state index contributed by atoms with van der Waals surface area (Å²) in [5, 5.41) is 4.66. The average molecular weight is 316 g/mol. The van der Waals surface area contributed by atoms with E-state index in [2.05, 4.69) is 10.6 Å². The zero-order chi connectivity index (χ0) is 15.7. The molecule has 21 heavy (non-hydrogen) atoms. The molecule has 1 saturated carbocycles. The van der Waals surface area contributed by atoms with Gasteiger partial charge in [0.05, 0.1) is 17.6 Å². The molecule has 1 aliphatic rings. The molecule has 7 heteroatoms. The summed E-state index contributed by atoms with van der Waals surface area (Å²) in [7, 11) is 0. The van der Waals surface area contributed by atoms with E-state index in [1.54, 1.807) is 13.8 Å². The van der Waals surface area contributed by atoms with Gasteiger partial charge < -0.3 is 10.1 Å². The van der Waals surface area contributed by atoms with Crippen molar-refractivity contribution in [2.24, 2.45) is 0 Å². The van der Waals surface area contributed by atoms with E-state index in [0.717, 1.165) is 37.4 Å². The van der Waals surface area contributed by atoms with Crippen LogP contribution >= 0.6 is 11.8 Å². The van der Waals surface area contributed by atoms with Gasteiger partial charge >= 0.3 is 12.0 Å². The van der Waals surface area contributed by atoms with Gasteiger partial charge in [0.15, 0.2) is 0 Å². The number of imide groups is 1. The number of rotatable bonds is 6. The lowest BCUT2D eigenvalue weighted by atomic mass is 9.96. The van der Waals surface area contributed by atoms with Gasteiger partial charge in [-0.1, -0.05) is 19.3 Å². The molecule has 0 saturated heterocycles. The number of carbonyl (C=O) groups is 3. The molecule has 1 atom stereocenters.